The minimum absolute atomic E-state index is 0.249. The average Bonchev–Trinajstić information content (AvgIpc) is 3.32. The Morgan fingerprint density at radius 1 is 1.10 bits per heavy atom. The van der Waals surface area contributed by atoms with E-state index in [9.17, 15) is 14.3 Å². The molecule has 2 aromatic carbocycles. The van der Waals surface area contributed by atoms with Crippen molar-refractivity contribution >= 4 is 28.2 Å². The molecule has 4 rings (SSSR count). The SMILES string of the molecule is O=C(O)c1c(CNCCc2cccs2)c2ccccc2n1Cc1cccc(F)c1. The van der Waals surface area contributed by atoms with Gasteiger partial charge in [-0.05, 0) is 41.6 Å². The van der Waals surface area contributed by atoms with E-state index in [0.717, 1.165) is 35.0 Å². The Labute approximate surface area is 172 Å². The zero-order valence-electron chi connectivity index (χ0n) is 15.8. The number of aromatic carboxylic acids is 1. The van der Waals surface area contributed by atoms with Crippen molar-refractivity contribution in [1.82, 2.24) is 9.88 Å². The minimum atomic E-state index is -0.979. The van der Waals surface area contributed by atoms with Crippen molar-refractivity contribution in [2.24, 2.45) is 0 Å². The number of thiophene rings is 1. The Morgan fingerprint density at radius 2 is 1.97 bits per heavy atom. The van der Waals surface area contributed by atoms with Crippen molar-refractivity contribution in [1.29, 1.82) is 0 Å². The van der Waals surface area contributed by atoms with Gasteiger partial charge in [0.1, 0.15) is 11.5 Å². The molecule has 0 fully saturated rings. The third kappa shape index (κ3) is 4.23. The number of halogens is 1. The Kier molecular flexibility index (Phi) is 5.74. The summed E-state index contributed by atoms with van der Waals surface area (Å²) < 4.78 is 15.4. The average molecular weight is 408 g/mol. The molecule has 2 aromatic heterocycles. The van der Waals surface area contributed by atoms with Gasteiger partial charge in [-0.15, -0.1) is 11.3 Å². The van der Waals surface area contributed by atoms with Crippen LogP contribution in [0.4, 0.5) is 4.39 Å². The molecule has 0 amide bonds. The van der Waals surface area contributed by atoms with Gasteiger partial charge in [-0.3, -0.25) is 0 Å². The number of hydrogen-bond acceptors (Lipinski definition) is 3. The van der Waals surface area contributed by atoms with Gasteiger partial charge in [0.25, 0.3) is 0 Å². The van der Waals surface area contributed by atoms with Crippen molar-refractivity contribution in [3.63, 3.8) is 0 Å². The smallest absolute Gasteiger partial charge is 0.352 e. The Morgan fingerprint density at radius 3 is 2.72 bits per heavy atom. The quantitative estimate of drug-likeness (QED) is 0.407. The van der Waals surface area contributed by atoms with Gasteiger partial charge >= 0.3 is 5.97 Å². The molecule has 4 aromatic rings. The normalized spacial score (nSPS) is 11.2. The summed E-state index contributed by atoms with van der Waals surface area (Å²) in [6.07, 6.45) is 0.905. The molecule has 29 heavy (non-hydrogen) atoms. The highest BCUT2D eigenvalue weighted by atomic mass is 32.1. The molecular weight excluding hydrogens is 387 g/mol. The van der Waals surface area contributed by atoms with Crippen LogP contribution < -0.4 is 5.32 Å². The lowest BCUT2D eigenvalue weighted by molar-refractivity contribution is 0.0685. The number of carboxylic acids is 1. The summed E-state index contributed by atoms with van der Waals surface area (Å²) in [5, 5.41) is 16.3. The highest BCUT2D eigenvalue weighted by Crippen LogP contribution is 2.27. The van der Waals surface area contributed by atoms with Gasteiger partial charge in [0.15, 0.2) is 0 Å². The lowest BCUT2D eigenvalue weighted by Crippen LogP contribution is -2.19. The lowest BCUT2D eigenvalue weighted by atomic mass is 10.1. The molecule has 148 valence electrons. The standard InChI is InChI=1S/C23H21FN2O2S/c24-17-6-3-5-16(13-17)15-26-21-9-2-1-8-19(21)20(22(26)23(27)28)14-25-11-10-18-7-4-12-29-18/h1-9,12-13,25H,10-11,14-15H2,(H,27,28). The van der Waals surface area contributed by atoms with E-state index in [0.29, 0.717) is 13.1 Å². The van der Waals surface area contributed by atoms with E-state index in [2.05, 4.69) is 16.8 Å². The zero-order chi connectivity index (χ0) is 20.2. The van der Waals surface area contributed by atoms with Crippen LogP contribution in [-0.2, 0) is 19.5 Å². The molecule has 0 atom stereocenters. The number of carbonyl (C=O) groups is 1. The maximum absolute atomic E-state index is 13.6. The predicted octanol–water partition coefficient (Wildman–Crippen LogP) is 4.92. The Bertz CT molecular complexity index is 1140. The molecular formula is C23H21FN2O2S. The number of nitrogens with zero attached hydrogens (tertiary/aromatic N) is 1. The molecule has 0 bridgehead atoms. The maximum Gasteiger partial charge on any atom is 0.352 e. The summed E-state index contributed by atoms with van der Waals surface area (Å²) in [5.41, 5.74) is 2.57. The molecule has 0 aliphatic heterocycles. The molecule has 0 saturated carbocycles. The number of fused-ring (bicyclic) bond motifs is 1. The number of rotatable bonds is 8. The first-order valence-electron chi connectivity index (χ1n) is 9.44. The second-order valence-corrected chi connectivity index (χ2v) is 7.90. The van der Waals surface area contributed by atoms with Gasteiger partial charge < -0.3 is 15.0 Å². The highest BCUT2D eigenvalue weighted by Gasteiger charge is 2.22. The first kappa shape index (κ1) is 19.4. The summed E-state index contributed by atoms with van der Waals surface area (Å²) in [5.74, 6) is -1.31. The van der Waals surface area contributed by atoms with Crippen LogP contribution in [0.3, 0.4) is 0 Å². The van der Waals surface area contributed by atoms with Crippen LogP contribution in [0.5, 0.6) is 0 Å². The third-order valence-electron chi connectivity index (χ3n) is 4.94. The van der Waals surface area contributed by atoms with Crippen LogP contribution in [0, 0.1) is 5.82 Å². The molecule has 0 saturated heterocycles. The predicted molar refractivity (Wildman–Crippen MR) is 114 cm³/mol. The van der Waals surface area contributed by atoms with E-state index in [4.69, 9.17) is 0 Å². The number of para-hydroxylation sites is 1. The summed E-state index contributed by atoms with van der Waals surface area (Å²) in [7, 11) is 0. The van der Waals surface area contributed by atoms with E-state index >= 15 is 0 Å². The number of hydrogen-bond donors (Lipinski definition) is 2. The van der Waals surface area contributed by atoms with Gasteiger partial charge in [0.05, 0.1) is 0 Å². The first-order chi connectivity index (χ1) is 14.1. The third-order valence-corrected chi connectivity index (χ3v) is 5.87. The van der Waals surface area contributed by atoms with Crippen LogP contribution in [0.25, 0.3) is 10.9 Å². The van der Waals surface area contributed by atoms with Gasteiger partial charge in [-0.2, -0.15) is 0 Å². The van der Waals surface area contributed by atoms with E-state index in [1.165, 1.54) is 17.0 Å². The van der Waals surface area contributed by atoms with Gasteiger partial charge in [-0.1, -0.05) is 36.4 Å². The summed E-state index contributed by atoms with van der Waals surface area (Å²) in [4.78, 5) is 13.5. The molecule has 0 unspecified atom stereocenters. The van der Waals surface area contributed by atoms with E-state index in [1.54, 1.807) is 22.0 Å². The fourth-order valence-electron chi connectivity index (χ4n) is 3.66. The monoisotopic (exact) mass is 408 g/mol. The second kappa shape index (κ2) is 8.59. The highest BCUT2D eigenvalue weighted by molar-refractivity contribution is 7.09. The number of aromatic nitrogens is 1. The lowest BCUT2D eigenvalue weighted by Gasteiger charge is -2.10. The molecule has 0 spiro atoms. The Hall–Kier alpha value is -2.96. The van der Waals surface area contributed by atoms with Gasteiger partial charge in [0, 0.05) is 41.0 Å². The van der Waals surface area contributed by atoms with Crippen LogP contribution in [-0.4, -0.2) is 22.2 Å². The van der Waals surface area contributed by atoms with E-state index in [-0.39, 0.29) is 11.5 Å². The zero-order valence-corrected chi connectivity index (χ0v) is 16.6. The van der Waals surface area contributed by atoms with Crippen LogP contribution in [0.1, 0.15) is 26.5 Å². The first-order valence-corrected chi connectivity index (χ1v) is 10.3. The Balaban J connectivity index is 1.65. The van der Waals surface area contributed by atoms with Crippen molar-refractivity contribution in [3.05, 3.63) is 93.6 Å². The van der Waals surface area contributed by atoms with Crippen molar-refractivity contribution < 1.29 is 14.3 Å². The molecule has 2 N–H and O–H groups in total. The fraction of sp³-hybridized carbons (Fsp3) is 0.174. The van der Waals surface area contributed by atoms with E-state index < -0.39 is 5.97 Å². The molecule has 0 aliphatic carbocycles. The summed E-state index contributed by atoms with van der Waals surface area (Å²) in [6, 6.07) is 18.1. The molecule has 2 heterocycles. The van der Waals surface area contributed by atoms with Crippen molar-refractivity contribution in [3.8, 4) is 0 Å². The number of benzene rings is 2. The van der Waals surface area contributed by atoms with Crippen LogP contribution >= 0.6 is 11.3 Å². The summed E-state index contributed by atoms with van der Waals surface area (Å²) in [6.45, 7) is 1.53. The molecule has 4 nitrogen and oxygen atoms in total. The topological polar surface area (TPSA) is 54.3 Å². The minimum Gasteiger partial charge on any atom is -0.477 e. The molecule has 0 aliphatic rings. The maximum atomic E-state index is 13.6. The van der Waals surface area contributed by atoms with Crippen molar-refractivity contribution in [2.45, 2.75) is 19.5 Å². The van der Waals surface area contributed by atoms with Crippen LogP contribution in [0.2, 0.25) is 0 Å². The van der Waals surface area contributed by atoms with Gasteiger partial charge in [-0.25, -0.2) is 9.18 Å². The number of carboxylic acid groups (broad SMARTS) is 1. The largest absolute Gasteiger partial charge is 0.477 e. The van der Waals surface area contributed by atoms with Crippen molar-refractivity contribution in [2.75, 3.05) is 6.54 Å². The summed E-state index contributed by atoms with van der Waals surface area (Å²) >= 11 is 1.72. The fourth-order valence-corrected chi connectivity index (χ4v) is 4.37. The molecule has 6 heteroatoms. The second-order valence-electron chi connectivity index (χ2n) is 6.87. The molecule has 0 radical (unpaired) electrons. The van der Waals surface area contributed by atoms with E-state index in [1.807, 2.05) is 36.4 Å². The number of nitrogens with one attached hydrogen (secondary N) is 1. The van der Waals surface area contributed by atoms with Gasteiger partial charge in [0.2, 0.25) is 0 Å². The van der Waals surface area contributed by atoms with Crippen LogP contribution in [0.15, 0.2) is 66.0 Å².